The third kappa shape index (κ3) is 7.35. The fourth-order valence-electron chi connectivity index (χ4n) is 6.28. The summed E-state index contributed by atoms with van der Waals surface area (Å²) in [6.45, 7) is 7.81. The van der Waals surface area contributed by atoms with Crippen molar-refractivity contribution in [1.82, 2.24) is 16.0 Å². The van der Waals surface area contributed by atoms with Gasteiger partial charge in [0.15, 0.2) is 11.6 Å². The second kappa shape index (κ2) is 14.2. The average Bonchev–Trinajstić information content (AvgIpc) is 3.26. The number of likely N-dealkylation sites (N-methyl/N-ethyl adjacent to an activating group) is 1. The van der Waals surface area contributed by atoms with Crippen LogP contribution in [-0.4, -0.2) is 51.5 Å². The maximum Gasteiger partial charge on any atom is 0.237 e. The number of piperidine rings is 1. The van der Waals surface area contributed by atoms with E-state index in [9.17, 15) is 13.6 Å². The van der Waals surface area contributed by atoms with Crippen molar-refractivity contribution < 1.29 is 18.4 Å². The fraction of sp³-hybridized carbons (Fsp3) is 0.394. The summed E-state index contributed by atoms with van der Waals surface area (Å²) in [6.07, 6.45) is 3.60. The molecule has 0 radical (unpaired) electrons. The molecule has 1 amide bonds. The maximum atomic E-state index is 13.4. The van der Waals surface area contributed by atoms with E-state index in [1.54, 1.807) is 5.56 Å². The molecule has 0 unspecified atom stereocenters. The van der Waals surface area contributed by atoms with E-state index in [4.69, 9.17) is 16.4 Å². The van der Waals surface area contributed by atoms with Crippen LogP contribution in [0.4, 0.5) is 14.5 Å². The molecule has 1 fully saturated rings. The Labute approximate surface area is 251 Å². The van der Waals surface area contributed by atoms with Crippen LogP contribution in [0.25, 0.3) is 0 Å². The lowest BCUT2D eigenvalue weighted by atomic mass is 9.75. The molecule has 42 heavy (non-hydrogen) atoms. The smallest absolute Gasteiger partial charge is 0.237 e. The van der Waals surface area contributed by atoms with Gasteiger partial charge >= 0.3 is 0 Å². The third-order valence-electron chi connectivity index (χ3n) is 8.35. The first-order valence-corrected chi connectivity index (χ1v) is 14.7. The van der Waals surface area contributed by atoms with Crippen molar-refractivity contribution in [3.05, 3.63) is 99.6 Å². The van der Waals surface area contributed by atoms with Gasteiger partial charge in [0.2, 0.25) is 5.91 Å². The molecule has 6 nitrogen and oxygen atoms in total. The quantitative estimate of drug-likeness (QED) is 0.397. The summed E-state index contributed by atoms with van der Waals surface area (Å²) in [5.74, 6) is -1.88. The zero-order valence-corrected chi connectivity index (χ0v) is 24.9. The van der Waals surface area contributed by atoms with Gasteiger partial charge in [0, 0.05) is 42.3 Å². The first-order valence-electron chi connectivity index (χ1n) is 14.3. The minimum absolute atomic E-state index is 0.0539. The van der Waals surface area contributed by atoms with Gasteiger partial charge in [0.05, 0.1) is 6.04 Å². The number of hydrogen-bond donors (Lipinski definition) is 3. The number of para-hydroxylation sites is 1. The van der Waals surface area contributed by atoms with Gasteiger partial charge in [-0.05, 0) is 98.3 Å². The Balaban J connectivity index is 0.000000202. The molecule has 0 aromatic heterocycles. The van der Waals surface area contributed by atoms with Gasteiger partial charge in [0.1, 0.15) is 6.79 Å². The van der Waals surface area contributed by atoms with Crippen molar-refractivity contribution in [3.8, 4) is 0 Å². The summed E-state index contributed by atoms with van der Waals surface area (Å²) in [5.41, 5.74) is 5.90. The zero-order valence-electron chi connectivity index (χ0n) is 24.2. The summed E-state index contributed by atoms with van der Waals surface area (Å²) in [4.78, 5) is 22.9. The second-order valence-corrected chi connectivity index (χ2v) is 11.8. The molecule has 0 aliphatic carbocycles. The number of hydrogen-bond acceptors (Lipinski definition) is 5. The minimum atomic E-state index is -0.879. The summed E-state index contributed by atoms with van der Waals surface area (Å²) < 4.78 is 26.7. The van der Waals surface area contributed by atoms with Gasteiger partial charge < -0.3 is 25.6 Å². The highest BCUT2D eigenvalue weighted by Gasteiger charge is 2.41. The largest absolute Gasteiger partial charge is 0.373 e. The number of benzene rings is 3. The lowest BCUT2D eigenvalue weighted by molar-refractivity contribution is -0.123. The van der Waals surface area contributed by atoms with Crippen LogP contribution in [0.15, 0.2) is 60.7 Å². The molecule has 2 atom stereocenters. The molecule has 0 saturated carbocycles. The Morgan fingerprint density at radius 3 is 2.40 bits per heavy atom. The highest BCUT2D eigenvalue weighted by molar-refractivity contribution is 6.30. The zero-order chi connectivity index (χ0) is 30.3. The number of fused-ring (bicyclic) bond motifs is 3. The number of carbonyl (C=O) groups excluding carboxylic acids is 2. The molecular weight excluding hydrogens is 558 g/mol. The molecule has 224 valence electrons. The summed E-state index contributed by atoms with van der Waals surface area (Å²) in [5, 5.41) is 10.2. The van der Waals surface area contributed by atoms with Crippen LogP contribution >= 0.6 is 11.6 Å². The van der Waals surface area contributed by atoms with Crippen LogP contribution in [0.3, 0.4) is 0 Å². The van der Waals surface area contributed by atoms with Crippen LogP contribution < -0.4 is 20.9 Å². The van der Waals surface area contributed by atoms with E-state index in [2.05, 4.69) is 52.2 Å². The van der Waals surface area contributed by atoms with Crippen LogP contribution in [0.5, 0.6) is 0 Å². The van der Waals surface area contributed by atoms with Crippen molar-refractivity contribution >= 4 is 30.0 Å². The summed E-state index contributed by atoms with van der Waals surface area (Å²) >= 11 is 5.87. The predicted molar refractivity (Wildman–Crippen MR) is 164 cm³/mol. The number of carbonyl (C=O) groups is 2. The Morgan fingerprint density at radius 2 is 1.71 bits per heavy atom. The first-order chi connectivity index (χ1) is 20.2. The number of rotatable bonds is 4. The van der Waals surface area contributed by atoms with Crippen LogP contribution in [0.2, 0.25) is 5.02 Å². The van der Waals surface area contributed by atoms with E-state index in [0.29, 0.717) is 41.0 Å². The van der Waals surface area contributed by atoms with Crippen molar-refractivity contribution in [2.24, 2.45) is 0 Å². The number of nitrogens with one attached hydrogen (secondary N) is 3. The van der Waals surface area contributed by atoms with E-state index in [1.165, 1.54) is 50.3 Å². The predicted octanol–water partition coefficient (Wildman–Crippen LogP) is 4.95. The second-order valence-electron chi connectivity index (χ2n) is 11.3. The van der Waals surface area contributed by atoms with E-state index in [1.807, 2.05) is 38.0 Å². The molecule has 3 aliphatic heterocycles. The van der Waals surface area contributed by atoms with Gasteiger partial charge in [-0.1, -0.05) is 41.9 Å². The molecule has 9 heteroatoms. The molecule has 3 aromatic carbocycles. The number of amides is 1. The van der Waals surface area contributed by atoms with Gasteiger partial charge in [-0.3, -0.25) is 4.79 Å². The Morgan fingerprint density at radius 1 is 1.07 bits per heavy atom. The molecule has 3 aliphatic rings. The van der Waals surface area contributed by atoms with Gasteiger partial charge in [0.25, 0.3) is 0 Å². The molecule has 1 saturated heterocycles. The van der Waals surface area contributed by atoms with E-state index in [0.717, 1.165) is 5.56 Å². The summed E-state index contributed by atoms with van der Waals surface area (Å²) in [6, 6.07) is 18.3. The standard InChI is InChI=1S/C19H19ClF2N2O.C13H18N2.CH2O/c1-11(6-12-2-4-15(20)5-3-12)24-19(25)18-9-13-7-16(21)17(22)8-14(13)10-23-18;1-15-10-13(6-8-14-9-7-13)11-4-2-3-5-12(11)15;1-2/h2-5,7-8,11,18,23H,6,9-10H2,1H3,(H,24,25);2-5,14H,6-10H2,1H3;1H2/t11-,18-;;/m0../s1. The van der Waals surface area contributed by atoms with E-state index >= 15 is 0 Å². The monoisotopic (exact) mass is 596 g/mol. The number of halogens is 3. The van der Waals surface area contributed by atoms with E-state index < -0.39 is 17.7 Å². The van der Waals surface area contributed by atoms with Gasteiger partial charge in [-0.25, -0.2) is 8.78 Å². The third-order valence-corrected chi connectivity index (χ3v) is 8.60. The summed E-state index contributed by atoms with van der Waals surface area (Å²) in [7, 11) is 2.22. The SMILES string of the molecule is C=O.CN1CC2(CCNCC2)c2ccccc21.C[C@@H](Cc1ccc(Cl)cc1)NC(=O)[C@@H]1Cc2cc(F)c(F)cc2CN1. The van der Waals surface area contributed by atoms with Crippen LogP contribution in [0, 0.1) is 11.6 Å². The lowest BCUT2D eigenvalue weighted by Gasteiger charge is -2.34. The van der Waals surface area contributed by atoms with Crippen LogP contribution in [0.1, 0.15) is 42.0 Å². The lowest BCUT2D eigenvalue weighted by Crippen LogP contribution is -2.50. The molecule has 6 rings (SSSR count). The van der Waals surface area contributed by atoms with Crippen LogP contribution in [-0.2, 0) is 34.4 Å². The van der Waals surface area contributed by atoms with Crippen molar-refractivity contribution in [2.75, 3.05) is 31.6 Å². The molecule has 1 spiro atoms. The van der Waals surface area contributed by atoms with Crippen molar-refractivity contribution in [2.45, 2.75) is 56.7 Å². The molecule has 0 bridgehead atoms. The average molecular weight is 597 g/mol. The molecule has 3 aromatic rings. The van der Waals surface area contributed by atoms with Gasteiger partial charge in [-0.2, -0.15) is 0 Å². The maximum absolute atomic E-state index is 13.4. The fourth-order valence-corrected chi connectivity index (χ4v) is 6.40. The number of nitrogens with zero attached hydrogens (tertiary/aromatic N) is 1. The van der Waals surface area contributed by atoms with E-state index in [-0.39, 0.29) is 11.9 Å². The van der Waals surface area contributed by atoms with Crippen molar-refractivity contribution in [3.63, 3.8) is 0 Å². The molecular formula is C33H39ClF2N4O2. The molecule has 3 N–H and O–H groups in total. The highest BCUT2D eigenvalue weighted by Crippen LogP contribution is 2.45. The minimum Gasteiger partial charge on any atom is -0.373 e. The highest BCUT2D eigenvalue weighted by atomic mass is 35.5. The normalized spacial score (nSPS) is 18.9. The molecule has 3 heterocycles. The Hall–Kier alpha value is -3.33. The topological polar surface area (TPSA) is 73.5 Å². The Kier molecular flexibility index (Phi) is 10.7. The Bertz CT molecular complexity index is 1360. The number of anilines is 1. The van der Waals surface area contributed by atoms with Gasteiger partial charge in [-0.15, -0.1) is 0 Å². The first kappa shape index (κ1) is 31.6. The van der Waals surface area contributed by atoms with Crippen molar-refractivity contribution in [1.29, 1.82) is 0 Å².